The highest BCUT2D eigenvalue weighted by Gasteiger charge is 2.16. The highest BCUT2D eigenvalue weighted by molar-refractivity contribution is 4.65. The molecular weight excluding hydrogens is 114 g/mol. The summed E-state index contributed by atoms with van der Waals surface area (Å²) in [6, 6.07) is 0. The van der Waals surface area contributed by atoms with Gasteiger partial charge in [-0.05, 0) is 18.3 Å². The summed E-state index contributed by atoms with van der Waals surface area (Å²) in [7, 11) is 0. The van der Waals surface area contributed by atoms with Crippen molar-refractivity contribution in [2.75, 3.05) is 13.2 Å². The first-order valence-corrected chi connectivity index (χ1v) is 3.65. The first-order chi connectivity index (χ1) is 4.30. The van der Waals surface area contributed by atoms with Gasteiger partial charge >= 0.3 is 0 Å². The summed E-state index contributed by atoms with van der Waals surface area (Å²) in [4.78, 5) is 5.00. The highest BCUT2D eigenvalue weighted by Crippen LogP contribution is 2.16. The van der Waals surface area contributed by atoms with Crippen molar-refractivity contribution in [3.05, 3.63) is 0 Å². The third-order valence-electron chi connectivity index (χ3n) is 1.98. The largest absolute Gasteiger partial charge is 0.302 e. The van der Waals surface area contributed by atoms with Crippen LogP contribution >= 0.6 is 0 Å². The molecule has 0 amide bonds. The van der Waals surface area contributed by atoms with E-state index in [0.717, 1.165) is 25.0 Å². The number of hydroxylamine groups is 1. The van der Waals surface area contributed by atoms with Crippen LogP contribution in [0.4, 0.5) is 0 Å². The van der Waals surface area contributed by atoms with Crippen LogP contribution in [0.25, 0.3) is 0 Å². The van der Waals surface area contributed by atoms with Crippen molar-refractivity contribution in [1.82, 2.24) is 5.48 Å². The molecule has 0 radical (unpaired) electrons. The molecule has 1 unspecified atom stereocenters. The molecule has 0 saturated carbocycles. The van der Waals surface area contributed by atoms with Crippen LogP contribution in [0, 0.1) is 11.8 Å². The standard InChI is InChI=1S/C7H15NO/c1-6(2)7-3-4-9-8-5-7/h6-8H,3-5H2,1-2H3. The van der Waals surface area contributed by atoms with Gasteiger partial charge in [0.1, 0.15) is 0 Å². The average molecular weight is 129 g/mol. The van der Waals surface area contributed by atoms with Crippen molar-refractivity contribution in [1.29, 1.82) is 0 Å². The Hall–Kier alpha value is -0.0800. The van der Waals surface area contributed by atoms with Gasteiger partial charge in [0, 0.05) is 6.54 Å². The molecule has 0 spiro atoms. The smallest absolute Gasteiger partial charge is 0.0685 e. The van der Waals surface area contributed by atoms with Crippen LogP contribution in [0.3, 0.4) is 0 Å². The predicted molar refractivity (Wildman–Crippen MR) is 36.9 cm³/mol. The third kappa shape index (κ3) is 1.95. The van der Waals surface area contributed by atoms with Crippen molar-refractivity contribution >= 4 is 0 Å². The Morgan fingerprint density at radius 3 is 2.67 bits per heavy atom. The van der Waals surface area contributed by atoms with E-state index in [0.29, 0.717) is 0 Å². The zero-order valence-electron chi connectivity index (χ0n) is 6.18. The molecule has 0 aromatic heterocycles. The maximum atomic E-state index is 5.00. The topological polar surface area (TPSA) is 21.3 Å². The Morgan fingerprint density at radius 2 is 2.33 bits per heavy atom. The molecule has 1 atom stereocenters. The fourth-order valence-corrected chi connectivity index (χ4v) is 1.12. The van der Waals surface area contributed by atoms with Crippen molar-refractivity contribution in [2.24, 2.45) is 11.8 Å². The lowest BCUT2D eigenvalue weighted by molar-refractivity contribution is -0.0190. The van der Waals surface area contributed by atoms with Crippen LogP contribution < -0.4 is 5.48 Å². The van der Waals surface area contributed by atoms with Gasteiger partial charge in [-0.3, -0.25) is 0 Å². The zero-order chi connectivity index (χ0) is 6.69. The SMILES string of the molecule is CC(C)C1CCONC1. The second-order valence-corrected chi connectivity index (χ2v) is 2.99. The first-order valence-electron chi connectivity index (χ1n) is 3.65. The number of rotatable bonds is 1. The van der Waals surface area contributed by atoms with Gasteiger partial charge in [-0.15, -0.1) is 0 Å². The van der Waals surface area contributed by atoms with Crippen LogP contribution in [-0.2, 0) is 4.84 Å². The Balaban J connectivity index is 2.23. The van der Waals surface area contributed by atoms with Gasteiger partial charge in [-0.25, -0.2) is 5.48 Å². The van der Waals surface area contributed by atoms with E-state index >= 15 is 0 Å². The van der Waals surface area contributed by atoms with E-state index in [2.05, 4.69) is 19.3 Å². The third-order valence-corrected chi connectivity index (χ3v) is 1.98. The molecule has 1 heterocycles. The molecule has 54 valence electrons. The Bertz CT molecular complexity index is 77.0. The molecular formula is C7H15NO. The number of hydrogen-bond acceptors (Lipinski definition) is 2. The van der Waals surface area contributed by atoms with Gasteiger partial charge in [0.25, 0.3) is 0 Å². The lowest BCUT2D eigenvalue weighted by Gasteiger charge is -2.25. The fraction of sp³-hybridized carbons (Fsp3) is 1.00. The normalized spacial score (nSPS) is 29.0. The molecule has 0 aromatic rings. The summed E-state index contributed by atoms with van der Waals surface area (Å²) in [6.07, 6.45) is 1.21. The van der Waals surface area contributed by atoms with Crippen LogP contribution in [0.5, 0.6) is 0 Å². The Morgan fingerprint density at radius 1 is 1.56 bits per heavy atom. The highest BCUT2D eigenvalue weighted by atomic mass is 16.6. The summed E-state index contributed by atoms with van der Waals surface area (Å²) in [5, 5.41) is 0. The lowest BCUT2D eigenvalue weighted by atomic mass is 9.93. The maximum absolute atomic E-state index is 5.00. The molecule has 2 nitrogen and oxygen atoms in total. The van der Waals surface area contributed by atoms with Gasteiger partial charge in [0.15, 0.2) is 0 Å². The van der Waals surface area contributed by atoms with Gasteiger partial charge in [-0.1, -0.05) is 13.8 Å². The predicted octanol–water partition coefficient (Wildman–Crippen LogP) is 1.18. The van der Waals surface area contributed by atoms with Crippen molar-refractivity contribution in [3.63, 3.8) is 0 Å². The second kappa shape index (κ2) is 3.18. The lowest BCUT2D eigenvalue weighted by Crippen LogP contribution is -2.33. The molecule has 1 rings (SSSR count). The molecule has 0 aliphatic carbocycles. The summed E-state index contributed by atoms with van der Waals surface area (Å²) in [5.41, 5.74) is 2.92. The van der Waals surface area contributed by atoms with Crippen LogP contribution in [0.2, 0.25) is 0 Å². The van der Waals surface area contributed by atoms with E-state index in [9.17, 15) is 0 Å². The zero-order valence-corrected chi connectivity index (χ0v) is 6.18. The van der Waals surface area contributed by atoms with Crippen molar-refractivity contribution in [3.8, 4) is 0 Å². The first kappa shape index (κ1) is 7.03. The minimum Gasteiger partial charge on any atom is -0.302 e. The van der Waals surface area contributed by atoms with E-state index in [1.165, 1.54) is 6.42 Å². The van der Waals surface area contributed by atoms with Gasteiger partial charge < -0.3 is 4.84 Å². The Kier molecular flexibility index (Phi) is 2.49. The summed E-state index contributed by atoms with van der Waals surface area (Å²) in [5.74, 6) is 1.61. The van der Waals surface area contributed by atoms with Crippen LogP contribution in [0.1, 0.15) is 20.3 Å². The van der Waals surface area contributed by atoms with E-state index in [1.807, 2.05) is 0 Å². The van der Waals surface area contributed by atoms with Crippen molar-refractivity contribution in [2.45, 2.75) is 20.3 Å². The molecule has 9 heavy (non-hydrogen) atoms. The molecule has 1 N–H and O–H groups in total. The number of hydrogen-bond donors (Lipinski definition) is 1. The number of nitrogens with one attached hydrogen (secondary N) is 1. The summed E-state index contributed by atoms with van der Waals surface area (Å²) in [6.45, 7) is 6.43. The minimum absolute atomic E-state index is 0.793. The molecule has 1 fully saturated rings. The Labute approximate surface area is 56.5 Å². The summed E-state index contributed by atoms with van der Waals surface area (Å²) >= 11 is 0. The summed E-state index contributed by atoms with van der Waals surface area (Å²) < 4.78 is 0. The van der Waals surface area contributed by atoms with Crippen LogP contribution in [0.15, 0.2) is 0 Å². The molecule has 1 saturated heterocycles. The quantitative estimate of drug-likeness (QED) is 0.574. The van der Waals surface area contributed by atoms with E-state index < -0.39 is 0 Å². The average Bonchev–Trinajstić information content (AvgIpc) is 1.90. The molecule has 2 heteroatoms. The minimum atomic E-state index is 0.793. The molecule has 1 aliphatic heterocycles. The molecule has 1 aliphatic rings. The van der Waals surface area contributed by atoms with E-state index in [1.54, 1.807) is 0 Å². The monoisotopic (exact) mass is 129 g/mol. The van der Waals surface area contributed by atoms with Gasteiger partial charge in [0.2, 0.25) is 0 Å². The van der Waals surface area contributed by atoms with E-state index in [-0.39, 0.29) is 0 Å². The van der Waals surface area contributed by atoms with Gasteiger partial charge in [0.05, 0.1) is 6.61 Å². The molecule has 0 aromatic carbocycles. The second-order valence-electron chi connectivity index (χ2n) is 2.99. The van der Waals surface area contributed by atoms with Gasteiger partial charge in [-0.2, -0.15) is 0 Å². The fourth-order valence-electron chi connectivity index (χ4n) is 1.12. The maximum Gasteiger partial charge on any atom is 0.0685 e. The van der Waals surface area contributed by atoms with Crippen LogP contribution in [-0.4, -0.2) is 13.2 Å². The van der Waals surface area contributed by atoms with E-state index in [4.69, 9.17) is 4.84 Å². The van der Waals surface area contributed by atoms with Crippen molar-refractivity contribution < 1.29 is 4.84 Å². The molecule has 0 bridgehead atoms.